The number of pyridine rings is 1. The Morgan fingerprint density at radius 3 is 2.80 bits per heavy atom. The molecule has 0 unspecified atom stereocenters. The summed E-state index contributed by atoms with van der Waals surface area (Å²) in [7, 11) is 0. The molecule has 0 aliphatic carbocycles. The summed E-state index contributed by atoms with van der Waals surface area (Å²) < 4.78 is 26.3. The van der Waals surface area contributed by atoms with Crippen LogP contribution in [0.25, 0.3) is 10.7 Å². The molecule has 2 aromatic heterocycles. The molecule has 128 valence electrons. The first-order valence-corrected chi connectivity index (χ1v) is 8.51. The molecule has 0 spiro atoms. The smallest absolute Gasteiger partial charge is 0.226 e. The van der Waals surface area contributed by atoms with Gasteiger partial charge in [0.15, 0.2) is 11.6 Å². The Balaban J connectivity index is 1.62. The van der Waals surface area contributed by atoms with Crippen LogP contribution in [0.4, 0.5) is 8.78 Å². The van der Waals surface area contributed by atoms with Gasteiger partial charge in [-0.2, -0.15) is 0 Å². The van der Waals surface area contributed by atoms with Gasteiger partial charge in [0.2, 0.25) is 5.91 Å². The quantitative estimate of drug-likeness (QED) is 0.752. The first kappa shape index (κ1) is 17.2. The van der Waals surface area contributed by atoms with Crippen LogP contribution in [0, 0.1) is 11.6 Å². The Morgan fingerprint density at radius 2 is 2.08 bits per heavy atom. The number of rotatable bonds is 5. The summed E-state index contributed by atoms with van der Waals surface area (Å²) in [6.07, 6.45) is 1.80. The lowest BCUT2D eigenvalue weighted by Gasteiger charge is -2.14. The zero-order chi connectivity index (χ0) is 17.8. The van der Waals surface area contributed by atoms with E-state index in [0.29, 0.717) is 11.3 Å². The third-order valence-electron chi connectivity index (χ3n) is 3.60. The number of carbonyl (C=O) groups excluding carboxylic acids is 1. The second-order valence-corrected chi connectivity index (χ2v) is 6.36. The molecule has 25 heavy (non-hydrogen) atoms. The third kappa shape index (κ3) is 4.24. The van der Waals surface area contributed by atoms with Gasteiger partial charge >= 0.3 is 0 Å². The van der Waals surface area contributed by atoms with Crippen molar-refractivity contribution in [1.82, 2.24) is 15.3 Å². The molecule has 3 aromatic rings. The van der Waals surface area contributed by atoms with Crippen LogP contribution in [0.15, 0.2) is 48.0 Å². The summed E-state index contributed by atoms with van der Waals surface area (Å²) in [4.78, 5) is 20.8. The van der Waals surface area contributed by atoms with Gasteiger partial charge in [-0.3, -0.25) is 9.78 Å². The van der Waals surface area contributed by atoms with Crippen molar-refractivity contribution in [3.63, 3.8) is 0 Å². The van der Waals surface area contributed by atoms with E-state index in [9.17, 15) is 13.6 Å². The minimum atomic E-state index is -0.932. The molecule has 7 heteroatoms. The number of thiazole rings is 1. The van der Waals surface area contributed by atoms with Gasteiger partial charge in [-0.25, -0.2) is 13.8 Å². The fourth-order valence-corrected chi connectivity index (χ4v) is 3.11. The molecular formula is C18H15F2N3OS. The molecule has 2 heterocycles. The average Bonchev–Trinajstić information content (AvgIpc) is 3.06. The van der Waals surface area contributed by atoms with E-state index in [-0.39, 0.29) is 12.3 Å². The number of halogens is 2. The van der Waals surface area contributed by atoms with E-state index in [1.807, 2.05) is 23.6 Å². The molecule has 1 atom stereocenters. The van der Waals surface area contributed by atoms with Crippen LogP contribution in [-0.4, -0.2) is 15.9 Å². The van der Waals surface area contributed by atoms with Gasteiger partial charge in [-0.15, -0.1) is 11.3 Å². The molecular weight excluding hydrogens is 344 g/mol. The van der Waals surface area contributed by atoms with Crippen molar-refractivity contribution in [2.45, 2.75) is 19.4 Å². The van der Waals surface area contributed by atoms with Crippen molar-refractivity contribution in [3.8, 4) is 10.7 Å². The first-order chi connectivity index (χ1) is 12.0. The molecule has 0 aliphatic rings. The summed E-state index contributed by atoms with van der Waals surface area (Å²) in [5, 5.41) is 5.32. The standard InChI is InChI=1S/C18H15F2N3OS/c1-11(12-5-6-14(19)15(20)8-12)22-17(24)9-13-10-25-18(23-13)16-4-2-3-7-21-16/h2-8,10-11H,9H2,1H3,(H,22,24)/t11-/m1/s1. The van der Waals surface area contributed by atoms with Crippen LogP contribution < -0.4 is 5.32 Å². The molecule has 0 radical (unpaired) electrons. The number of amides is 1. The number of nitrogens with one attached hydrogen (secondary N) is 1. The Labute approximate surface area is 147 Å². The van der Waals surface area contributed by atoms with Crippen LogP contribution in [0.1, 0.15) is 24.2 Å². The fraction of sp³-hybridized carbons (Fsp3) is 0.167. The van der Waals surface area contributed by atoms with Gasteiger partial charge < -0.3 is 5.32 Å². The SMILES string of the molecule is C[C@@H](NC(=O)Cc1csc(-c2ccccn2)n1)c1ccc(F)c(F)c1. The van der Waals surface area contributed by atoms with Gasteiger partial charge in [0.25, 0.3) is 0 Å². The van der Waals surface area contributed by atoms with E-state index in [2.05, 4.69) is 15.3 Å². The molecule has 3 rings (SSSR count). The van der Waals surface area contributed by atoms with E-state index in [4.69, 9.17) is 0 Å². The van der Waals surface area contributed by atoms with Crippen molar-refractivity contribution in [2.24, 2.45) is 0 Å². The van der Waals surface area contributed by atoms with Crippen molar-refractivity contribution < 1.29 is 13.6 Å². The number of nitrogens with zero attached hydrogens (tertiary/aromatic N) is 2. The van der Waals surface area contributed by atoms with E-state index in [0.717, 1.165) is 22.8 Å². The minimum Gasteiger partial charge on any atom is -0.349 e. The van der Waals surface area contributed by atoms with E-state index in [1.54, 1.807) is 13.1 Å². The molecule has 1 aromatic carbocycles. The second-order valence-electron chi connectivity index (χ2n) is 5.50. The Kier molecular flexibility index (Phi) is 5.14. The van der Waals surface area contributed by atoms with Crippen LogP contribution >= 0.6 is 11.3 Å². The average molecular weight is 359 g/mol. The van der Waals surface area contributed by atoms with Crippen LogP contribution in [-0.2, 0) is 11.2 Å². The number of carbonyl (C=O) groups is 1. The maximum Gasteiger partial charge on any atom is 0.226 e. The predicted molar refractivity (Wildman–Crippen MR) is 92.0 cm³/mol. The summed E-state index contributed by atoms with van der Waals surface area (Å²) in [5.41, 5.74) is 1.90. The maximum absolute atomic E-state index is 13.3. The lowest BCUT2D eigenvalue weighted by atomic mass is 10.1. The second kappa shape index (κ2) is 7.48. The van der Waals surface area contributed by atoms with Crippen molar-refractivity contribution in [2.75, 3.05) is 0 Å². The topological polar surface area (TPSA) is 54.9 Å². The van der Waals surface area contributed by atoms with E-state index in [1.165, 1.54) is 17.4 Å². The van der Waals surface area contributed by atoms with Gasteiger partial charge in [-0.05, 0) is 36.8 Å². The van der Waals surface area contributed by atoms with Crippen LogP contribution in [0.2, 0.25) is 0 Å². The highest BCUT2D eigenvalue weighted by Crippen LogP contribution is 2.22. The van der Waals surface area contributed by atoms with Crippen molar-refractivity contribution in [3.05, 3.63) is 70.9 Å². The molecule has 1 N–H and O–H groups in total. The summed E-state index contributed by atoms with van der Waals surface area (Å²) in [6, 6.07) is 8.70. The molecule has 0 aliphatic heterocycles. The molecule has 0 saturated heterocycles. The zero-order valence-corrected chi connectivity index (χ0v) is 14.2. The lowest BCUT2D eigenvalue weighted by molar-refractivity contribution is -0.121. The fourth-order valence-electron chi connectivity index (χ4n) is 2.32. The number of hydrogen-bond acceptors (Lipinski definition) is 4. The Morgan fingerprint density at radius 1 is 1.24 bits per heavy atom. The van der Waals surface area contributed by atoms with E-state index < -0.39 is 17.7 Å². The predicted octanol–water partition coefficient (Wildman–Crippen LogP) is 3.90. The van der Waals surface area contributed by atoms with E-state index >= 15 is 0 Å². The third-order valence-corrected chi connectivity index (χ3v) is 4.51. The highest BCUT2D eigenvalue weighted by Gasteiger charge is 2.14. The van der Waals surface area contributed by atoms with Gasteiger partial charge in [0, 0.05) is 11.6 Å². The maximum atomic E-state index is 13.3. The number of hydrogen-bond donors (Lipinski definition) is 1. The lowest BCUT2D eigenvalue weighted by Crippen LogP contribution is -2.28. The highest BCUT2D eigenvalue weighted by atomic mass is 32.1. The van der Waals surface area contributed by atoms with Gasteiger partial charge in [0.05, 0.1) is 23.9 Å². The van der Waals surface area contributed by atoms with Crippen LogP contribution in [0.3, 0.4) is 0 Å². The van der Waals surface area contributed by atoms with Crippen molar-refractivity contribution >= 4 is 17.2 Å². The normalized spacial score (nSPS) is 12.0. The Bertz CT molecular complexity index is 883. The summed E-state index contributed by atoms with van der Waals surface area (Å²) in [6.45, 7) is 1.71. The van der Waals surface area contributed by atoms with Crippen LogP contribution in [0.5, 0.6) is 0 Å². The number of benzene rings is 1. The van der Waals surface area contributed by atoms with Gasteiger partial charge in [0.1, 0.15) is 5.01 Å². The molecule has 1 amide bonds. The molecule has 0 bridgehead atoms. The largest absolute Gasteiger partial charge is 0.349 e. The minimum absolute atomic E-state index is 0.108. The highest BCUT2D eigenvalue weighted by molar-refractivity contribution is 7.13. The molecule has 0 saturated carbocycles. The molecule has 4 nitrogen and oxygen atoms in total. The summed E-state index contributed by atoms with van der Waals surface area (Å²) >= 11 is 1.42. The van der Waals surface area contributed by atoms with Gasteiger partial charge in [-0.1, -0.05) is 12.1 Å². The zero-order valence-electron chi connectivity index (χ0n) is 13.4. The molecule has 0 fully saturated rings. The van der Waals surface area contributed by atoms with Crippen molar-refractivity contribution in [1.29, 1.82) is 0 Å². The number of aromatic nitrogens is 2. The Hall–Kier alpha value is -2.67. The first-order valence-electron chi connectivity index (χ1n) is 7.63. The monoisotopic (exact) mass is 359 g/mol. The summed E-state index contributed by atoms with van der Waals surface area (Å²) in [5.74, 6) is -2.08.